The van der Waals surface area contributed by atoms with E-state index in [1.54, 1.807) is 11.8 Å². The van der Waals surface area contributed by atoms with Crippen molar-refractivity contribution in [3.05, 3.63) is 23.8 Å². The first-order valence-electron chi connectivity index (χ1n) is 7.43. The number of anilines is 1. The Balaban J connectivity index is 2.30. The highest BCUT2D eigenvalue weighted by Crippen LogP contribution is 2.31. The van der Waals surface area contributed by atoms with Gasteiger partial charge in [0.2, 0.25) is 0 Å². The van der Waals surface area contributed by atoms with Gasteiger partial charge in [-0.3, -0.25) is 5.41 Å². The fourth-order valence-electron chi connectivity index (χ4n) is 3.04. The minimum atomic E-state index is 0.182. The van der Waals surface area contributed by atoms with Crippen LogP contribution in [0, 0.1) is 11.3 Å². The molecule has 20 heavy (non-hydrogen) atoms. The minimum absolute atomic E-state index is 0.182. The summed E-state index contributed by atoms with van der Waals surface area (Å²) in [6.45, 7) is 4.45. The Labute approximate surface area is 126 Å². The highest BCUT2D eigenvalue weighted by Gasteiger charge is 2.20. The second-order valence-electron chi connectivity index (χ2n) is 5.46. The van der Waals surface area contributed by atoms with E-state index in [9.17, 15) is 0 Å². The first-order valence-corrected chi connectivity index (χ1v) is 8.66. The van der Waals surface area contributed by atoms with Crippen LogP contribution in [0.1, 0.15) is 38.2 Å². The Morgan fingerprint density at radius 1 is 1.40 bits per heavy atom. The van der Waals surface area contributed by atoms with Crippen molar-refractivity contribution in [1.82, 2.24) is 0 Å². The molecule has 0 amide bonds. The molecule has 1 aromatic rings. The number of nitrogens with one attached hydrogen (secondary N) is 1. The molecule has 2 rings (SSSR count). The molecule has 0 radical (unpaired) electrons. The molecule has 1 atom stereocenters. The van der Waals surface area contributed by atoms with Crippen molar-refractivity contribution in [2.45, 2.75) is 37.5 Å². The van der Waals surface area contributed by atoms with Gasteiger partial charge in [-0.2, -0.15) is 0 Å². The van der Waals surface area contributed by atoms with Crippen molar-refractivity contribution < 1.29 is 0 Å². The summed E-state index contributed by atoms with van der Waals surface area (Å²) < 4.78 is 0. The van der Waals surface area contributed by atoms with Crippen molar-refractivity contribution >= 4 is 23.3 Å². The highest BCUT2D eigenvalue weighted by molar-refractivity contribution is 7.98. The fraction of sp³-hybridized carbons (Fsp3) is 0.562. The topological polar surface area (TPSA) is 53.1 Å². The Bertz CT molecular complexity index is 473. The van der Waals surface area contributed by atoms with E-state index in [4.69, 9.17) is 11.1 Å². The zero-order valence-corrected chi connectivity index (χ0v) is 13.3. The van der Waals surface area contributed by atoms with Gasteiger partial charge in [-0.05, 0) is 43.6 Å². The number of benzene rings is 1. The summed E-state index contributed by atoms with van der Waals surface area (Å²) in [7, 11) is 0. The van der Waals surface area contributed by atoms with Gasteiger partial charge in [-0.25, -0.2) is 0 Å². The summed E-state index contributed by atoms with van der Waals surface area (Å²) in [6, 6.07) is 6.25. The van der Waals surface area contributed by atoms with Crippen LogP contribution in [-0.4, -0.2) is 25.2 Å². The molecule has 0 bridgehead atoms. The number of thioether (sulfide) groups is 1. The van der Waals surface area contributed by atoms with E-state index in [0.29, 0.717) is 0 Å². The molecule has 0 aliphatic carbocycles. The molecule has 1 aliphatic heterocycles. The molecular weight excluding hydrogens is 266 g/mol. The van der Waals surface area contributed by atoms with Crippen LogP contribution in [0.4, 0.5) is 5.69 Å². The SMILES string of the molecule is CCC1CCCN(c2cccc(SC)c2C(=N)N)CC1. The van der Waals surface area contributed by atoms with Gasteiger partial charge in [0.15, 0.2) is 0 Å². The molecule has 1 aromatic carbocycles. The second kappa shape index (κ2) is 7.02. The Morgan fingerprint density at radius 2 is 2.20 bits per heavy atom. The zero-order valence-electron chi connectivity index (χ0n) is 12.5. The molecule has 4 heteroatoms. The summed E-state index contributed by atoms with van der Waals surface area (Å²) >= 11 is 1.66. The summed E-state index contributed by atoms with van der Waals surface area (Å²) in [4.78, 5) is 3.53. The largest absolute Gasteiger partial charge is 0.384 e. The quantitative estimate of drug-likeness (QED) is 0.505. The standard InChI is InChI=1S/C16H25N3S/c1-3-12-6-5-10-19(11-9-12)13-7-4-8-14(20-2)15(13)16(17)18/h4,7-8,12H,3,5-6,9-11H2,1-2H3,(H3,17,18). The maximum atomic E-state index is 7.91. The summed E-state index contributed by atoms with van der Waals surface area (Å²) in [5.41, 5.74) is 7.89. The normalized spacial score (nSPS) is 19.7. The number of hydrogen-bond acceptors (Lipinski definition) is 3. The molecule has 0 saturated carbocycles. The van der Waals surface area contributed by atoms with Crippen LogP contribution < -0.4 is 10.6 Å². The van der Waals surface area contributed by atoms with E-state index in [2.05, 4.69) is 30.0 Å². The minimum Gasteiger partial charge on any atom is -0.384 e. The van der Waals surface area contributed by atoms with Crippen molar-refractivity contribution in [2.75, 3.05) is 24.2 Å². The Morgan fingerprint density at radius 3 is 2.85 bits per heavy atom. The number of nitrogen functional groups attached to an aromatic ring is 1. The molecule has 1 aliphatic rings. The monoisotopic (exact) mass is 291 g/mol. The van der Waals surface area contributed by atoms with Crippen LogP contribution >= 0.6 is 11.8 Å². The van der Waals surface area contributed by atoms with Crippen molar-refractivity contribution in [1.29, 1.82) is 5.41 Å². The van der Waals surface area contributed by atoms with E-state index in [-0.39, 0.29) is 5.84 Å². The van der Waals surface area contributed by atoms with Gasteiger partial charge >= 0.3 is 0 Å². The van der Waals surface area contributed by atoms with Gasteiger partial charge in [-0.15, -0.1) is 11.8 Å². The van der Waals surface area contributed by atoms with Crippen LogP contribution in [-0.2, 0) is 0 Å². The lowest BCUT2D eigenvalue weighted by molar-refractivity contribution is 0.459. The Kier molecular flexibility index (Phi) is 5.35. The van der Waals surface area contributed by atoms with Crippen LogP contribution in [0.2, 0.25) is 0 Å². The first-order chi connectivity index (χ1) is 9.67. The molecule has 0 aromatic heterocycles. The van der Waals surface area contributed by atoms with Gasteiger partial charge in [0, 0.05) is 23.7 Å². The molecule has 3 nitrogen and oxygen atoms in total. The van der Waals surface area contributed by atoms with Crippen molar-refractivity contribution in [3.8, 4) is 0 Å². The number of nitrogens with two attached hydrogens (primary N) is 1. The van der Waals surface area contributed by atoms with Crippen LogP contribution in [0.3, 0.4) is 0 Å². The summed E-state index contributed by atoms with van der Waals surface area (Å²) in [6.07, 6.45) is 7.13. The molecule has 0 spiro atoms. The molecule has 110 valence electrons. The average molecular weight is 291 g/mol. The van der Waals surface area contributed by atoms with E-state index in [1.165, 1.54) is 25.7 Å². The van der Waals surface area contributed by atoms with Crippen LogP contribution in [0.25, 0.3) is 0 Å². The summed E-state index contributed by atoms with van der Waals surface area (Å²) in [5.74, 6) is 1.03. The third-order valence-corrected chi connectivity index (χ3v) is 5.04. The lowest BCUT2D eigenvalue weighted by atomic mass is 9.98. The first kappa shape index (κ1) is 15.2. The lowest BCUT2D eigenvalue weighted by Crippen LogP contribution is -2.28. The van der Waals surface area contributed by atoms with Gasteiger partial charge in [0.25, 0.3) is 0 Å². The maximum absolute atomic E-state index is 7.91. The second-order valence-corrected chi connectivity index (χ2v) is 6.31. The molecular formula is C16H25N3S. The Hall–Kier alpha value is -1.16. The molecule has 1 unspecified atom stereocenters. The molecule has 1 heterocycles. The van der Waals surface area contributed by atoms with E-state index in [0.717, 1.165) is 35.2 Å². The average Bonchev–Trinajstić information content (AvgIpc) is 2.71. The highest BCUT2D eigenvalue weighted by atomic mass is 32.2. The van der Waals surface area contributed by atoms with Gasteiger partial charge in [0.05, 0.1) is 5.56 Å². The molecule has 1 saturated heterocycles. The van der Waals surface area contributed by atoms with Gasteiger partial charge in [-0.1, -0.05) is 19.4 Å². The summed E-state index contributed by atoms with van der Waals surface area (Å²) in [5, 5.41) is 7.91. The van der Waals surface area contributed by atoms with E-state index < -0.39 is 0 Å². The van der Waals surface area contributed by atoms with Crippen LogP contribution in [0.5, 0.6) is 0 Å². The third kappa shape index (κ3) is 3.29. The number of amidine groups is 1. The van der Waals surface area contributed by atoms with Crippen LogP contribution in [0.15, 0.2) is 23.1 Å². The van der Waals surface area contributed by atoms with E-state index in [1.807, 2.05) is 6.26 Å². The molecule has 1 fully saturated rings. The molecule has 3 N–H and O–H groups in total. The fourth-order valence-corrected chi connectivity index (χ4v) is 3.67. The van der Waals surface area contributed by atoms with Gasteiger partial charge < -0.3 is 10.6 Å². The zero-order chi connectivity index (χ0) is 14.5. The predicted molar refractivity (Wildman–Crippen MR) is 89.1 cm³/mol. The smallest absolute Gasteiger partial charge is 0.126 e. The van der Waals surface area contributed by atoms with Crippen molar-refractivity contribution in [2.24, 2.45) is 11.7 Å². The van der Waals surface area contributed by atoms with Crippen molar-refractivity contribution in [3.63, 3.8) is 0 Å². The van der Waals surface area contributed by atoms with Gasteiger partial charge in [0.1, 0.15) is 5.84 Å². The van der Waals surface area contributed by atoms with E-state index >= 15 is 0 Å². The third-order valence-electron chi connectivity index (χ3n) is 4.26. The number of rotatable bonds is 4. The maximum Gasteiger partial charge on any atom is 0.126 e. The lowest BCUT2D eigenvalue weighted by Gasteiger charge is -2.26. The number of hydrogen-bond donors (Lipinski definition) is 2. The number of nitrogens with zero attached hydrogens (tertiary/aromatic N) is 1. The predicted octanol–water partition coefficient (Wildman–Crippen LogP) is 3.71.